The van der Waals surface area contributed by atoms with Crippen molar-refractivity contribution in [3.63, 3.8) is 0 Å². The normalized spacial score (nSPS) is 26.7. The molecule has 2 unspecified atom stereocenters. The molecule has 0 spiro atoms. The maximum absolute atomic E-state index is 5.87. The Morgan fingerprint density at radius 3 is 3.33 bits per heavy atom. The molecule has 1 saturated heterocycles. The van der Waals surface area contributed by atoms with E-state index in [2.05, 4.69) is 21.0 Å². The van der Waals surface area contributed by atoms with Gasteiger partial charge < -0.3 is 10.1 Å². The summed E-state index contributed by atoms with van der Waals surface area (Å²) in [6.07, 6.45) is 4.33. The number of rotatable bonds is 4. The second-order valence-corrected chi connectivity index (χ2v) is 4.40. The van der Waals surface area contributed by atoms with E-state index in [0.29, 0.717) is 12.0 Å². The summed E-state index contributed by atoms with van der Waals surface area (Å²) in [4.78, 5) is 0. The Morgan fingerprint density at radius 1 is 1.67 bits per heavy atom. The third-order valence-electron chi connectivity index (χ3n) is 2.71. The highest BCUT2D eigenvalue weighted by atomic mass is 32.1. The van der Waals surface area contributed by atoms with Crippen LogP contribution in [0.4, 0.5) is 0 Å². The van der Waals surface area contributed by atoms with Crippen LogP contribution in [0.15, 0.2) is 6.20 Å². The van der Waals surface area contributed by atoms with E-state index in [1.807, 2.05) is 6.20 Å². The highest BCUT2D eigenvalue weighted by Crippen LogP contribution is 2.25. The summed E-state index contributed by atoms with van der Waals surface area (Å²) in [5.74, 6) is 0.379. The Kier molecular flexibility index (Phi) is 4.05. The number of hydrogen-bond acceptors (Lipinski definition) is 5. The van der Waals surface area contributed by atoms with Crippen LogP contribution >= 0.6 is 11.7 Å². The van der Waals surface area contributed by atoms with Gasteiger partial charge in [0, 0.05) is 19.1 Å². The molecule has 2 atom stereocenters. The number of nitrogens with one attached hydrogen (secondary N) is 1. The van der Waals surface area contributed by atoms with E-state index in [9.17, 15) is 0 Å². The first-order chi connectivity index (χ1) is 7.42. The standard InChI is InChI=1S/C10H17N3OS/c1-2-5-14-10-3-4-11-6-8(10)9-7-12-15-13-9/h7-8,10-11H,2-6H2,1H3. The van der Waals surface area contributed by atoms with Gasteiger partial charge in [-0.15, -0.1) is 0 Å². The fourth-order valence-corrected chi connectivity index (χ4v) is 2.41. The molecule has 5 heteroatoms. The Labute approximate surface area is 94.4 Å². The molecule has 0 saturated carbocycles. The highest BCUT2D eigenvalue weighted by molar-refractivity contribution is 6.99. The van der Waals surface area contributed by atoms with Crippen molar-refractivity contribution in [3.8, 4) is 0 Å². The molecule has 0 amide bonds. The van der Waals surface area contributed by atoms with E-state index in [-0.39, 0.29) is 0 Å². The molecule has 1 aliphatic rings. The van der Waals surface area contributed by atoms with Gasteiger partial charge in [-0.25, -0.2) is 0 Å². The van der Waals surface area contributed by atoms with Gasteiger partial charge in [0.1, 0.15) is 0 Å². The first-order valence-corrected chi connectivity index (χ1v) is 6.24. The van der Waals surface area contributed by atoms with E-state index in [1.165, 1.54) is 11.7 Å². The molecule has 1 N–H and O–H groups in total. The van der Waals surface area contributed by atoms with Crippen molar-refractivity contribution in [1.29, 1.82) is 0 Å². The zero-order valence-corrected chi connectivity index (χ0v) is 9.80. The third-order valence-corrected chi connectivity index (χ3v) is 3.21. The van der Waals surface area contributed by atoms with E-state index >= 15 is 0 Å². The summed E-state index contributed by atoms with van der Waals surface area (Å²) in [5.41, 5.74) is 1.08. The van der Waals surface area contributed by atoms with Gasteiger partial charge in [0.05, 0.1) is 29.7 Å². The summed E-state index contributed by atoms with van der Waals surface area (Å²) in [6.45, 7) is 4.99. The van der Waals surface area contributed by atoms with E-state index in [4.69, 9.17) is 4.74 Å². The minimum absolute atomic E-state index is 0.315. The number of hydrogen-bond donors (Lipinski definition) is 1. The second-order valence-electron chi connectivity index (χ2n) is 3.84. The number of ether oxygens (including phenoxy) is 1. The lowest BCUT2D eigenvalue weighted by Gasteiger charge is -2.30. The highest BCUT2D eigenvalue weighted by Gasteiger charge is 2.28. The maximum atomic E-state index is 5.87. The molecule has 0 radical (unpaired) electrons. The summed E-state index contributed by atoms with van der Waals surface area (Å²) in [7, 11) is 0. The fraction of sp³-hybridized carbons (Fsp3) is 0.800. The largest absolute Gasteiger partial charge is 0.377 e. The van der Waals surface area contributed by atoms with Crippen molar-refractivity contribution in [3.05, 3.63) is 11.9 Å². The molecule has 15 heavy (non-hydrogen) atoms. The van der Waals surface area contributed by atoms with E-state index in [1.54, 1.807) is 0 Å². The zero-order chi connectivity index (χ0) is 10.5. The predicted octanol–water partition coefficient (Wildman–Crippen LogP) is 1.41. The molecule has 84 valence electrons. The molecule has 1 aliphatic heterocycles. The van der Waals surface area contributed by atoms with Crippen LogP contribution in [0.25, 0.3) is 0 Å². The summed E-state index contributed by atoms with van der Waals surface area (Å²) in [6, 6.07) is 0. The molecule has 0 bridgehead atoms. The molecule has 1 aromatic heterocycles. The van der Waals surface area contributed by atoms with Crippen molar-refractivity contribution in [2.45, 2.75) is 31.8 Å². The van der Waals surface area contributed by atoms with Crippen molar-refractivity contribution < 1.29 is 4.74 Å². The lowest BCUT2D eigenvalue weighted by molar-refractivity contribution is 0.0178. The monoisotopic (exact) mass is 227 g/mol. The second kappa shape index (κ2) is 5.53. The molecule has 2 heterocycles. The van der Waals surface area contributed by atoms with Gasteiger partial charge in [-0.05, 0) is 19.4 Å². The Morgan fingerprint density at radius 2 is 2.60 bits per heavy atom. The van der Waals surface area contributed by atoms with Crippen LogP contribution in [-0.4, -0.2) is 34.5 Å². The summed E-state index contributed by atoms with van der Waals surface area (Å²) < 4.78 is 14.2. The Bertz CT molecular complexity index is 278. The topological polar surface area (TPSA) is 47.0 Å². The molecule has 0 aliphatic carbocycles. The smallest absolute Gasteiger partial charge is 0.0812 e. The van der Waals surface area contributed by atoms with Gasteiger partial charge in [0.2, 0.25) is 0 Å². The fourth-order valence-electron chi connectivity index (χ4n) is 1.93. The number of aromatic nitrogens is 2. The lowest BCUT2D eigenvalue weighted by atomic mass is 9.93. The van der Waals surface area contributed by atoms with Gasteiger partial charge in [-0.1, -0.05) is 6.92 Å². The van der Waals surface area contributed by atoms with E-state index < -0.39 is 0 Å². The van der Waals surface area contributed by atoms with Crippen LogP contribution in [0, 0.1) is 0 Å². The van der Waals surface area contributed by atoms with Crippen LogP contribution in [0.5, 0.6) is 0 Å². The van der Waals surface area contributed by atoms with Gasteiger partial charge in [-0.2, -0.15) is 8.75 Å². The maximum Gasteiger partial charge on any atom is 0.0812 e. The van der Waals surface area contributed by atoms with Gasteiger partial charge in [-0.3, -0.25) is 0 Å². The third kappa shape index (κ3) is 2.74. The Hall–Kier alpha value is -0.520. The summed E-state index contributed by atoms with van der Waals surface area (Å²) in [5, 5.41) is 3.39. The molecule has 0 aromatic carbocycles. The lowest BCUT2D eigenvalue weighted by Crippen LogP contribution is -2.40. The van der Waals surface area contributed by atoms with E-state index in [0.717, 1.165) is 38.2 Å². The summed E-state index contributed by atoms with van der Waals surface area (Å²) >= 11 is 1.28. The van der Waals surface area contributed by atoms with Crippen molar-refractivity contribution in [1.82, 2.24) is 14.1 Å². The first-order valence-electron chi connectivity index (χ1n) is 5.51. The van der Waals surface area contributed by atoms with Crippen LogP contribution in [-0.2, 0) is 4.74 Å². The molecule has 4 nitrogen and oxygen atoms in total. The molecular formula is C10H17N3OS. The van der Waals surface area contributed by atoms with Crippen LogP contribution < -0.4 is 5.32 Å². The first kappa shape index (κ1) is 11.0. The van der Waals surface area contributed by atoms with Crippen molar-refractivity contribution >= 4 is 11.7 Å². The van der Waals surface area contributed by atoms with Gasteiger partial charge in [0.15, 0.2) is 0 Å². The Balaban J connectivity index is 1.99. The SMILES string of the molecule is CCCOC1CCNCC1c1cnsn1. The molecule has 1 fully saturated rings. The quantitative estimate of drug-likeness (QED) is 0.845. The van der Waals surface area contributed by atoms with Gasteiger partial charge >= 0.3 is 0 Å². The van der Waals surface area contributed by atoms with Crippen LogP contribution in [0.1, 0.15) is 31.4 Å². The van der Waals surface area contributed by atoms with Crippen LogP contribution in [0.2, 0.25) is 0 Å². The zero-order valence-electron chi connectivity index (χ0n) is 8.98. The average molecular weight is 227 g/mol. The minimum atomic E-state index is 0.315. The molecule has 2 rings (SSSR count). The minimum Gasteiger partial charge on any atom is -0.377 e. The van der Waals surface area contributed by atoms with Crippen molar-refractivity contribution in [2.24, 2.45) is 0 Å². The average Bonchev–Trinajstić information content (AvgIpc) is 2.80. The predicted molar refractivity (Wildman–Crippen MR) is 60.2 cm³/mol. The molecule has 1 aromatic rings. The van der Waals surface area contributed by atoms with Gasteiger partial charge in [0.25, 0.3) is 0 Å². The number of nitrogens with zero attached hydrogens (tertiary/aromatic N) is 2. The molecular weight excluding hydrogens is 210 g/mol. The number of piperidine rings is 1. The van der Waals surface area contributed by atoms with Crippen molar-refractivity contribution in [2.75, 3.05) is 19.7 Å². The van der Waals surface area contributed by atoms with Crippen LogP contribution in [0.3, 0.4) is 0 Å².